The zero-order valence-corrected chi connectivity index (χ0v) is 20.4. The van der Waals surface area contributed by atoms with Crippen LogP contribution in [0.2, 0.25) is 6.04 Å². The molecule has 0 fully saturated rings. The number of ether oxygens (including phenoxy) is 3. The molecule has 1 aromatic carbocycles. The molecule has 0 amide bonds. The molecule has 0 spiro atoms. The molecule has 0 unspecified atom stereocenters. The Morgan fingerprint density at radius 1 is 0.929 bits per heavy atom. The second-order valence-electron chi connectivity index (χ2n) is 7.83. The fourth-order valence-electron chi connectivity index (χ4n) is 2.96. The molecule has 0 aromatic heterocycles. The van der Waals surface area contributed by atoms with Crippen molar-refractivity contribution in [1.82, 2.24) is 0 Å². The van der Waals surface area contributed by atoms with Gasteiger partial charge in [-0.25, -0.2) is 0 Å². The Morgan fingerprint density at radius 2 is 1.54 bits per heavy atom. The van der Waals surface area contributed by atoms with Crippen LogP contribution in [-0.2, 0) is 9.47 Å². The van der Waals surface area contributed by atoms with Gasteiger partial charge in [-0.05, 0) is 32.4 Å². The van der Waals surface area contributed by atoms with E-state index < -0.39 is 7.26 Å². The summed E-state index contributed by atoms with van der Waals surface area (Å²) in [6.45, 7) is 13.0. The third-order valence-corrected chi connectivity index (χ3v) is 7.54. The van der Waals surface area contributed by atoms with Gasteiger partial charge in [0.05, 0.1) is 26.6 Å². The molecule has 1 rings (SSSR count). The monoisotopic (exact) mass is 427 g/mol. The normalized spacial score (nSPS) is 11.9. The number of hydrogen-bond donors (Lipinski definition) is 1. The van der Waals surface area contributed by atoms with Crippen molar-refractivity contribution < 1.29 is 19.3 Å². The van der Waals surface area contributed by atoms with E-state index in [1.165, 1.54) is 43.5 Å². The lowest BCUT2D eigenvalue weighted by Crippen LogP contribution is -2.24. The molecule has 0 aliphatic carbocycles. The van der Waals surface area contributed by atoms with Crippen LogP contribution in [0, 0.1) is 0 Å². The van der Waals surface area contributed by atoms with Crippen LogP contribution in [-0.4, -0.2) is 60.4 Å². The number of benzene rings is 1. The van der Waals surface area contributed by atoms with Crippen molar-refractivity contribution in [3.05, 3.63) is 18.2 Å². The first-order chi connectivity index (χ1) is 13.4. The van der Waals surface area contributed by atoms with E-state index in [1.807, 2.05) is 26.0 Å². The first-order valence-electron chi connectivity index (χ1n) is 10.6. The quantitative estimate of drug-likeness (QED) is 0.172. The van der Waals surface area contributed by atoms with E-state index in [0.717, 1.165) is 41.5 Å². The first kappa shape index (κ1) is 25.4. The highest BCUT2D eigenvalue weighted by Crippen LogP contribution is 2.48. The molecule has 160 valence electrons. The van der Waals surface area contributed by atoms with Gasteiger partial charge in [-0.1, -0.05) is 38.1 Å². The molecule has 0 bridgehead atoms. The summed E-state index contributed by atoms with van der Waals surface area (Å²) in [5, 5.41) is 10.9. The summed E-state index contributed by atoms with van der Waals surface area (Å²) in [5.74, 6) is 1.27. The Balaban J connectivity index is 2.11. The lowest BCUT2D eigenvalue weighted by Gasteiger charge is -2.17. The zero-order chi connectivity index (χ0) is 20.8. The molecule has 0 saturated carbocycles. The maximum Gasteiger partial charge on any atom is 0.161 e. The second-order valence-corrected chi connectivity index (χ2v) is 13.7. The van der Waals surface area contributed by atoms with Crippen LogP contribution in [0.25, 0.3) is 0 Å². The van der Waals surface area contributed by atoms with E-state index in [-0.39, 0.29) is 5.91 Å². The smallest absolute Gasteiger partial charge is 0.161 e. The van der Waals surface area contributed by atoms with E-state index in [9.17, 15) is 5.11 Å². The summed E-state index contributed by atoms with van der Waals surface area (Å²) >= 11 is 0. The predicted molar refractivity (Wildman–Crippen MR) is 123 cm³/mol. The largest absolute Gasteiger partial charge is 0.508 e. The molecule has 0 heterocycles. The molecule has 0 atom stereocenters. The molecule has 0 aliphatic rings. The summed E-state index contributed by atoms with van der Waals surface area (Å²) in [6, 6.07) is 6.70. The van der Waals surface area contributed by atoms with Crippen LogP contribution in [0.1, 0.15) is 52.4 Å². The molecule has 4 nitrogen and oxygen atoms in total. The Kier molecular flexibility index (Phi) is 13.1. The van der Waals surface area contributed by atoms with Crippen molar-refractivity contribution in [3.8, 4) is 11.5 Å². The molecular formula is C22H40O4PSi+. The minimum Gasteiger partial charge on any atom is -0.508 e. The van der Waals surface area contributed by atoms with Crippen LogP contribution in [0.4, 0.5) is 0 Å². The number of phenols is 1. The van der Waals surface area contributed by atoms with Crippen molar-refractivity contribution in [2.75, 3.05) is 39.8 Å². The predicted octanol–water partition coefficient (Wildman–Crippen LogP) is 5.12. The molecule has 6 heteroatoms. The Labute approximate surface area is 175 Å². The third kappa shape index (κ3) is 10.8. The Morgan fingerprint density at radius 3 is 2.14 bits per heavy atom. The molecule has 1 aromatic rings. The number of unbranched alkanes of at least 4 members (excludes halogenated alkanes) is 5. The summed E-state index contributed by atoms with van der Waals surface area (Å²) < 4.78 is 17.2. The fraction of sp³-hybridized carbons (Fsp3) is 0.727. The third-order valence-electron chi connectivity index (χ3n) is 4.44. The van der Waals surface area contributed by atoms with E-state index >= 15 is 0 Å². The summed E-state index contributed by atoms with van der Waals surface area (Å²) in [6.07, 6.45) is 7.40. The van der Waals surface area contributed by atoms with Crippen LogP contribution in [0.15, 0.2) is 18.2 Å². The zero-order valence-electron chi connectivity index (χ0n) is 18.5. The molecular weight excluding hydrogens is 387 g/mol. The fourth-order valence-corrected chi connectivity index (χ4v) is 5.54. The molecule has 1 N–H and O–H groups in total. The van der Waals surface area contributed by atoms with Gasteiger partial charge < -0.3 is 19.3 Å². The summed E-state index contributed by atoms with van der Waals surface area (Å²) in [7, 11) is -0.482. The number of aromatic hydroxyl groups is 1. The van der Waals surface area contributed by atoms with Gasteiger partial charge in [-0.15, -0.1) is 0 Å². The highest BCUT2D eigenvalue weighted by molar-refractivity contribution is 7.81. The minimum atomic E-state index is -1.23. The van der Waals surface area contributed by atoms with Crippen LogP contribution in [0.5, 0.6) is 11.5 Å². The number of phenolic OH excluding ortho intramolecular Hbond substituents is 1. The Hall–Kier alpha value is -0.613. The van der Waals surface area contributed by atoms with Crippen molar-refractivity contribution in [1.29, 1.82) is 0 Å². The van der Waals surface area contributed by atoms with Crippen molar-refractivity contribution in [2.45, 2.75) is 64.3 Å². The summed E-state index contributed by atoms with van der Waals surface area (Å²) in [4.78, 5) is 0. The van der Waals surface area contributed by atoms with Crippen LogP contribution < -0.4 is 10.0 Å². The Bertz CT molecular complexity index is 528. The number of rotatable bonds is 16. The van der Waals surface area contributed by atoms with Gasteiger partial charge in [0.2, 0.25) is 0 Å². The van der Waals surface area contributed by atoms with Gasteiger partial charge >= 0.3 is 0 Å². The van der Waals surface area contributed by atoms with Gasteiger partial charge in [0.1, 0.15) is 26.5 Å². The second kappa shape index (κ2) is 14.4. The number of hydrogen-bond acceptors (Lipinski definition) is 4. The summed E-state index contributed by atoms with van der Waals surface area (Å²) in [5.41, 5.74) is 0. The maximum atomic E-state index is 9.76. The molecule has 0 aliphatic heterocycles. The van der Waals surface area contributed by atoms with Gasteiger partial charge in [-0.2, -0.15) is 0 Å². The van der Waals surface area contributed by atoms with Crippen molar-refractivity contribution in [2.24, 2.45) is 0 Å². The van der Waals surface area contributed by atoms with Gasteiger partial charge in [0.25, 0.3) is 0 Å². The van der Waals surface area contributed by atoms with Crippen molar-refractivity contribution >= 4 is 22.1 Å². The lowest BCUT2D eigenvalue weighted by atomic mass is 10.1. The molecule has 0 saturated heterocycles. The highest BCUT2D eigenvalue weighted by atomic mass is 31.2. The lowest BCUT2D eigenvalue weighted by molar-refractivity contribution is -0.0827. The first-order valence-corrected chi connectivity index (χ1v) is 15.0. The van der Waals surface area contributed by atoms with E-state index in [0.29, 0.717) is 5.75 Å². The maximum absolute atomic E-state index is 9.76. The standard InChI is InChI=1S/C22H39O4PSi/c1-6-24-22(25-7-2)28-17-13-11-9-8-10-12-16-26-20-15-14-19(23)18-21(20)27(3,4)5/h14-15,18,22H,6-13,16-17H2,1-5H3/p+1. The van der Waals surface area contributed by atoms with Crippen molar-refractivity contribution in [3.63, 3.8) is 0 Å². The van der Waals surface area contributed by atoms with Gasteiger partial charge in [0.15, 0.2) is 5.75 Å². The van der Waals surface area contributed by atoms with Gasteiger partial charge in [0, 0.05) is 26.5 Å². The SMILES string of the molecule is CCOC(OCC)[Si]CCCCCCCCOc1ccc(O)cc1[P+](C)(C)C. The molecule has 2 radical (unpaired) electrons. The van der Waals surface area contributed by atoms with E-state index in [2.05, 4.69) is 20.0 Å². The van der Waals surface area contributed by atoms with E-state index in [1.54, 1.807) is 6.07 Å². The van der Waals surface area contributed by atoms with Gasteiger partial charge in [-0.3, -0.25) is 0 Å². The van der Waals surface area contributed by atoms with E-state index in [4.69, 9.17) is 14.2 Å². The highest BCUT2D eigenvalue weighted by Gasteiger charge is 2.26. The topological polar surface area (TPSA) is 47.9 Å². The molecule has 28 heavy (non-hydrogen) atoms. The average Bonchev–Trinajstić information content (AvgIpc) is 2.63. The van der Waals surface area contributed by atoms with Crippen LogP contribution >= 0.6 is 7.26 Å². The minimum absolute atomic E-state index is 0.00693. The average molecular weight is 428 g/mol. The van der Waals surface area contributed by atoms with Crippen LogP contribution in [0.3, 0.4) is 0 Å².